The number of halogens is 1. The minimum Gasteiger partial charge on any atom is -0.399 e. The monoisotopic (exact) mass is 404 g/mol. The highest BCUT2D eigenvalue weighted by molar-refractivity contribution is 7.89. The van der Waals surface area contributed by atoms with Crippen molar-refractivity contribution < 1.29 is 22.1 Å². The Morgan fingerprint density at radius 1 is 0.929 bits per heavy atom. The fraction of sp³-hybridized carbons (Fsp3) is 0.429. The fourth-order valence-electron chi connectivity index (χ4n) is 3.21. The van der Waals surface area contributed by atoms with Gasteiger partial charge in [0.25, 0.3) is 0 Å². The summed E-state index contributed by atoms with van der Waals surface area (Å²) in [5.74, 6) is -0.325. The van der Waals surface area contributed by atoms with E-state index >= 15 is 0 Å². The van der Waals surface area contributed by atoms with E-state index in [1.807, 2.05) is 45.9 Å². The second-order valence-electron chi connectivity index (χ2n) is 8.49. The van der Waals surface area contributed by atoms with Crippen molar-refractivity contribution in [3.8, 4) is 0 Å². The molecule has 0 amide bonds. The molecular weight excluding hydrogens is 378 g/mol. The smallest absolute Gasteiger partial charge is 0.399 e. The molecule has 1 aliphatic rings. The normalized spacial score (nSPS) is 18.4. The van der Waals surface area contributed by atoms with Gasteiger partial charge in [0.1, 0.15) is 5.82 Å². The summed E-state index contributed by atoms with van der Waals surface area (Å²) in [7, 11) is -3.76. The van der Waals surface area contributed by atoms with Crippen molar-refractivity contribution in [2.24, 2.45) is 0 Å². The third kappa shape index (κ3) is 4.65. The zero-order valence-electron chi connectivity index (χ0n) is 17.0. The van der Waals surface area contributed by atoms with E-state index in [0.29, 0.717) is 12.0 Å². The SMILES string of the molecule is CC1(C)OB(c2cc(CS(C)(=O)=O)ccc2Cc2ccc(F)cc2)OC1(C)C. The van der Waals surface area contributed by atoms with Crippen molar-refractivity contribution in [3.05, 3.63) is 65.0 Å². The van der Waals surface area contributed by atoms with Gasteiger partial charge in [-0.2, -0.15) is 0 Å². The van der Waals surface area contributed by atoms with E-state index in [1.165, 1.54) is 18.4 Å². The molecule has 0 unspecified atom stereocenters. The van der Waals surface area contributed by atoms with Gasteiger partial charge in [0.05, 0.1) is 17.0 Å². The maximum Gasteiger partial charge on any atom is 0.495 e. The summed E-state index contributed by atoms with van der Waals surface area (Å²) in [4.78, 5) is 0. The standard InChI is InChI=1S/C21H26BFO4S/c1-20(2)21(3,4)27-22(26-20)19-13-16(14-28(5,24)25)6-9-17(19)12-15-7-10-18(23)11-8-15/h6-11,13H,12,14H2,1-5H3. The molecule has 1 heterocycles. The zero-order valence-corrected chi connectivity index (χ0v) is 17.8. The Hall–Kier alpha value is -1.70. The van der Waals surface area contributed by atoms with Crippen LogP contribution in [0.2, 0.25) is 0 Å². The molecule has 0 aromatic heterocycles. The summed E-state index contributed by atoms with van der Waals surface area (Å²) >= 11 is 0. The zero-order chi connectivity index (χ0) is 20.7. The number of hydrogen-bond donors (Lipinski definition) is 0. The second-order valence-corrected chi connectivity index (χ2v) is 10.6. The highest BCUT2D eigenvalue weighted by atomic mass is 32.2. The van der Waals surface area contributed by atoms with Crippen molar-refractivity contribution in [1.82, 2.24) is 0 Å². The van der Waals surface area contributed by atoms with E-state index in [0.717, 1.165) is 16.6 Å². The van der Waals surface area contributed by atoms with Gasteiger partial charge >= 0.3 is 7.12 Å². The molecule has 0 spiro atoms. The highest BCUT2D eigenvalue weighted by Crippen LogP contribution is 2.37. The lowest BCUT2D eigenvalue weighted by Crippen LogP contribution is -2.41. The minimum absolute atomic E-state index is 0.0453. The lowest BCUT2D eigenvalue weighted by Gasteiger charge is -2.32. The first-order chi connectivity index (χ1) is 12.9. The number of sulfone groups is 1. The van der Waals surface area contributed by atoms with Gasteiger partial charge in [-0.1, -0.05) is 30.3 Å². The van der Waals surface area contributed by atoms with Crippen LogP contribution in [0.5, 0.6) is 0 Å². The van der Waals surface area contributed by atoms with Crippen molar-refractivity contribution >= 4 is 22.4 Å². The Bertz CT molecular complexity index is 952. The minimum atomic E-state index is -3.16. The maximum absolute atomic E-state index is 13.2. The number of hydrogen-bond acceptors (Lipinski definition) is 4. The third-order valence-corrected chi connectivity index (χ3v) is 6.31. The Morgan fingerprint density at radius 3 is 2.00 bits per heavy atom. The molecule has 2 aromatic rings. The molecule has 0 atom stereocenters. The van der Waals surface area contributed by atoms with Crippen molar-refractivity contribution in [3.63, 3.8) is 0 Å². The van der Waals surface area contributed by atoms with Crippen LogP contribution in [0.25, 0.3) is 0 Å². The van der Waals surface area contributed by atoms with Gasteiger partial charge in [0, 0.05) is 6.26 Å². The van der Waals surface area contributed by atoms with E-state index in [4.69, 9.17) is 9.31 Å². The molecule has 0 bridgehead atoms. The quantitative estimate of drug-likeness (QED) is 0.718. The molecule has 0 saturated carbocycles. The molecule has 0 aliphatic carbocycles. The van der Waals surface area contributed by atoms with Crippen LogP contribution in [0, 0.1) is 5.82 Å². The molecule has 4 nitrogen and oxygen atoms in total. The van der Waals surface area contributed by atoms with Gasteiger partial charge in [-0.3, -0.25) is 0 Å². The van der Waals surface area contributed by atoms with Gasteiger partial charge in [-0.15, -0.1) is 0 Å². The largest absolute Gasteiger partial charge is 0.495 e. The lowest BCUT2D eigenvalue weighted by atomic mass is 9.74. The average Bonchev–Trinajstić information content (AvgIpc) is 2.77. The molecule has 1 saturated heterocycles. The molecule has 3 rings (SSSR count). The van der Waals surface area contributed by atoms with Gasteiger partial charge in [0.2, 0.25) is 0 Å². The summed E-state index contributed by atoms with van der Waals surface area (Å²) in [5.41, 5.74) is 2.41. The van der Waals surface area contributed by atoms with Crippen LogP contribution in [0.3, 0.4) is 0 Å². The van der Waals surface area contributed by atoms with Crippen LogP contribution < -0.4 is 5.46 Å². The lowest BCUT2D eigenvalue weighted by molar-refractivity contribution is 0.00578. The van der Waals surface area contributed by atoms with Gasteiger partial charge < -0.3 is 9.31 Å². The van der Waals surface area contributed by atoms with Gasteiger partial charge in [-0.25, -0.2) is 12.8 Å². The van der Waals surface area contributed by atoms with E-state index in [-0.39, 0.29) is 11.6 Å². The van der Waals surface area contributed by atoms with E-state index in [1.54, 1.807) is 12.1 Å². The molecule has 2 aromatic carbocycles. The molecule has 1 aliphatic heterocycles. The van der Waals surface area contributed by atoms with Gasteiger partial charge in [-0.05, 0) is 68.4 Å². The highest BCUT2D eigenvalue weighted by Gasteiger charge is 2.52. The van der Waals surface area contributed by atoms with Crippen LogP contribution >= 0.6 is 0 Å². The molecule has 0 radical (unpaired) electrons. The number of benzene rings is 2. The predicted octanol–water partition coefficient (Wildman–Crippen LogP) is 3.26. The van der Waals surface area contributed by atoms with E-state index in [2.05, 4.69) is 0 Å². The van der Waals surface area contributed by atoms with E-state index < -0.39 is 28.2 Å². The summed E-state index contributed by atoms with van der Waals surface area (Å²) in [6.45, 7) is 7.92. The molecule has 150 valence electrons. The number of rotatable bonds is 5. The summed E-state index contributed by atoms with van der Waals surface area (Å²) < 4.78 is 49.1. The Kier molecular flexibility index (Phi) is 5.47. The topological polar surface area (TPSA) is 52.6 Å². The van der Waals surface area contributed by atoms with Crippen LogP contribution in [0.1, 0.15) is 44.4 Å². The fourth-order valence-corrected chi connectivity index (χ4v) is 3.99. The van der Waals surface area contributed by atoms with Crippen LogP contribution in [-0.2, 0) is 31.3 Å². The van der Waals surface area contributed by atoms with Crippen LogP contribution in [-0.4, -0.2) is 33.0 Å². The van der Waals surface area contributed by atoms with Crippen molar-refractivity contribution in [2.45, 2.75) is 51.1 Å². The average molecular weight is 404 g/mol. The first kappa shape index (κ1) is 21.0. The first-order valence-electron chi connectivity index (χ1n) is 9.26. The van der Waals surface area contributed by atoms with Crippen molar-refractivity contribution in [1.29, 1.82) is 0 Å². The molecular formula is C21H26BFO4S. The Morgan fingerprint density at radius 2 is 1.46 bits per heavy atom. The second kappa shape index (κ2) is 7.28. The van der Waals surface area contributed by atoms with Crippen LogP contribution in [0.15, 0.2) is 42.5 Å². The predicted molar refractivity (Wildman–Crippen MR) is 110 cm³/mol. The van der Waals surface area contributed by atoms with E-state index in [9.17, 15) is 12.8 Å². The first-order valence-corrected chi connectivity index (χ1v) is 11.3. The Balaban J connectivity index is 2.00. The third-order valence-electron chi connectivity index (χ3n) is 5.45. The summed E-state index contributed by atoms with van der Waals surface area (Å²) in [6, 6.07) is 11.9. The van der Waals surface area contributed by atoms with Gasteiger partial charge in [0.15, 0.2) is 9.84 Å². The molecule has 0 N–H and O–H groups in total. The van der Waals surface area contributed by atoms with Crippen molar-refractivity contribution in [2.75, 3.05) is 6.26 Å². The Labute approximate surface area is 167 Å². The summed E-state index contributed by atoms with van der Waals surface area (Å²) in [6.07, 6.45) is 1.78. The van der Waals surface area contributed by atoms with Crippen LogP contribution in [0.4, 0.5) is 4.39 Å². The maximum atomic E-state index is 13.2. The molecule has 28 heavy (non-hydrogen) atoms. The summed E-state index contributed by atoms with van der Waals surface area (Å²) in [5, 5.41) is 0. The molecule has 1 fully saturated rings. The molecule has 7 heteroatoms.